The van der Waals surface area contributed by atoms with Gasteiger partial charge < -0.3 is 5.32 Å². The van der Waals surface area contributed by atoms with E-state index in [9.17, 15) is 13.2 Å². The van der Waals surface area contributed by atoms with E-state index in [0.29, 0.717) is 17.5 Å². The molecule has 0 aliphatic carbocycles. The summed E-state index contributed by atoms with van der Waals surface area (Å²) in [4.78, 5) is 13.9. The van der Waals surface area contributed by atoms with Crippen molar-refractivity contribution in [3.05, 3.63) is 113 Å². The zero-order chi connectivity index (χ0) is 26.2. The highest BCUT2D eigenvalue weighted by molar-refractivity contribution is 7.89. The van der Waals surface area contributed by atoms with E-state index < -0.39 is 16.1 Å². The van der Waals surface area contributed by atoms with Crippen molar-refractivity contribution in [3.63, 3.8) is 0 Å². The number of nitrogens with zero attached hydrogens (tertiary/aromatic N) is 3. The SMILES string of the molecule is Cc1cc(C)c(S(=O)(=O)N2Cc3ccccc3CC2C(=O)NCc2cccc(-n3cccn3)c2)c(C)c1. The van der Waals surface area contributed by atoms with Crippen molar-refractivity contribution < 1.29 is 13.2 Å². The minimum absolute atomic E-state index is 0.151. The molecule has 5 rings (SSSR count). The van der Waals surface area contributed by atoms with E-state index in [1.165, 1.54) is 4.31 Å². The number of carbonyl (C=O) groups excluding carboxylic acids is 1. The first-order valence-electron chi connectivity index (χ1n) is 12.3. The summed E-state index contributed by atoms with van der Waals surface area (Å²) in [5, 5.41) is 7.25. The van der Waals surface area contributed by atoms with Crippen LogP contribution >= 0.6 is 0 Å². The third-order valence-corrected chi connectivity index (χ3v) is 8.99. The normalized spacial score (nSPS) is 15.8. The molecule has 1 aliphatic heterocycles. The third-order valence-electron chi connectivity index (χ3n) is 6.83. The summed E-state index contributed by atoms with van der Waals surface area (Å²) in [6.45, 7) is 6.00. The van der Waals surface area contributed by atoms with Crippen LogP contribution in [0.25, 0.3) is 5.69 Å². The fourth-order valence-corrected chi connectivity index (χ4v) is 7.18. The molecule has 0 spiro atoms. The first kappa shape index (κ1) is 24.9. The van der Waals surface area contributed by atoms with Gasteiger partial charge in [-0.05, 0) is 73.2 Å². The predicted molar refractivity (Wildman–Crippen MR) is 143 cm³/mol. The van der Waals surface area contributed by atoms with Crippen LogP contribution in [0.2, 0.25) is 0 Å². The molecule has 1 aromatic heterocycles. The number of rotatable bonds is 6. The van der Waals surface area contributed by atoms with Crippen molar-refractivity contribution in [1.82, 2.24) is 19.4 Å². The van der Waals surface area contributed by atoms with Gasteiger partial charge in [-0.1, -0.05) is 54.1 Å². The molecule has 1 unspecified atom stereocenters. The van der Waals surface area contributed by atoms with E-state index in [-0.39, 0.29) is 23.9 Å². The molecule has 8 heteroatoms. The smallest absolute Gasteiger partial charge is 0.244 e. The Morgan fingerprint density at radius 1 is 0.973 bits per heavy atom. The summed E-state index contributed by atoms with van der Waals surface area (Å²) < 4.78 is 31.2. The number of carbonyl (C=O) groups is 1. The van der Waals surface area contributed by atoms with Crippen LogP contribution in [-0.2, 0) is 34.3 Å². The number of sulfonamides is 1. The Labute approximate surface area is 217 Å². The van der Waals surface area contributed by atoms with Crippen LogP contribution in [-0.4, -0.2) is 34.5 Å². The van der Waals surface area contributed by atoms with E-state index in [1.807, 2.05) is 93.7 Å². The maximum atomic E-state index is 14.1. The number of aryl methyl sites for hydroxylation is 3. The van der Waals surface area contributed by atoms with Gasteiger partial charge in [-0.2, -0.15) is 9.40 Å². The second-order valence-corrected chi connectivity index (χ2v) is 11.4. The Bertz CT molecular complexity index is 1540. The van der Waals surface area contributed by atoms with Crippen molar-refractivity contribution in [2.24, 2.45) is 0 Å². The molecule has 7 nitrogen and oxygen atoms in total. The largest absolute Gasteiger partial charge is 0.351 e. The maximum absolute atomic E-state index is 14.1. The van der Waals surface area contributed by atoms with E-state index in [4.69, 9.17) is 0 Å². The number of benzene rings is 3. The molecule has 1 N–H and O–H groups in total. The zero-order valence-electron chi connectivity index (χ0n) is 21.2. The molecule has 190 valence electrons. The number of hydrogen-bond acceptors (Lipinski definition) is 4. The molecule has 0 bridgehead atoms. The number of nitrogens with one attached hydrogen (secondary N) is 1. The van der Waals surface area contributed by atoms with E-state index in [1.54, 1.807) is 10.9 Å². The van der Waals surface area contributed by atoms with Crippen molar-refractivity contribution in [3.8, 4) is 5.69 Å². The molecule has 2 heterocycles. The molecular weight excluding hydrogens is 484 g/mol. The van der Waals surface area contributed by atoms with Gasteiger partial charge in [-0.15, -0.1) is 0 Å². The molecule has 0 saturated heterocycles. The van der Waals surface area contributed by atoms with Gasteiger partial charge in [0.05, 0.1) is 10.6 Å². The molecule has 1 aliphatic rings. The van der Waals surface area contributed by atoms with Crippen molar-refractivity contribution in [2.75, 3.05) is 0 Å². The second kappa shape index (κ2) is 9.95. The lowest BCUT2D eigenvalue weighted by atomic mass is 9.95. The lowest BCUT2D eigenvalue weighted by molar-refractivity contribution is -0.125. The van der Waals surface area contributed by atoms with Crippen molar-refractivity contribution >= 4 is 15.9 Å². The average molecular weight is 515 g/mol. The van der Waals surface area contributed by atoms with E-state index in [0.717, 1.165) is 27.9 Å². The summed E-state index contributed by atoms with van der Waals surface area (Å²) in [5.41, 5.74) is 6.08. The van der Waals surface area contributed by atoms with Crippen molar-refractivity contribution in [2.45, 2.75) is 51.2 Å². The fraction of sp³-hybridized carbons (Fsp3) is 0.241. The molecule has 0 radical (unpaired) electrons. The molecule has 37 heavy (non-hydrogen) atoms. The lowest BCUT2D eigenvalue weighted by Crippen LogP contribution is -2.52. The highest BCUT2D eigenvalue weighted by Crippen LogP contribution is 2.32. The number of hydrogen-bond donors (Lipinski definition) is 1. The van der Waals surface area contributed by atoms with Gasteiger partial charge in [0, 0.05) is 25.5 Å². The topological polar surface area (TPSA) is 84.3 Å². The van der Waals surface area contributed by atoms with Gasteiger partial charge in [-0.3, -0.25) is 4.79 Å². The Balaban J connectivity index is 1.45. The molecular formula is C29H30N4O3S. The second-order valence-electron chi connectivity index (χ2n) is 9.61. The predicted octanol–water partition coefficient (Wildman–Crippen LogP) is 4.23. The van der Waals surface area contributed by atoms with Crippen molar-refractivity contribution in [1.29, 1.82) is 0 Å². The third kappa shape index (κ3) is 4.95. The number of amides is 1. The summed E-state index contributed by atoms with van der Waals surface area (Å²) in [7, 11) is -3.94. The number of aromatic nitrogens is 2. The quantitative estimate of drug-likeness (QED) is 0.417. The van der Waals surface area contributed by atoms with Gasteiger partial charge >= 0.3 is 0 Å². The molecule has 1 atom stereocenters. The van der Waals surface area contributed by atoms with Crippen LogP contribution in [0.5, 0.6) is 0 Å². The molecule has 1 amide bonds. The minimum atomic E-state index is -3.94. The van der Waals surface area contributed by atoms with Gasteiger partial charge in [0.15, 0.2) is 0 Å². The summed E-state index contributed by atoms with van der Waals surface area (Å²) >= 11 is 0. The van der Waals surface area contributed by atoms with E-state index >= 15 is 0 Å². The zero-order valence-corrected chi connectivity index (χ0v) is 22.0. The average Bonchev–Trinajstić information content (AvgIpc) is 3.41. The lowest BCUT2D eigenvalue weighted by Gasteiger charge is -2.35. The fourth-order valence-electron chi connectivity index (χ4n) is 5.20. The van der Waals surface area contributed by atoms with Crippen LogP contribution in [0, 0.1) is 20.8 Å². The van der Waals surface area contributed by atoms with Gasteiger partial charge in [0.2, 0.25) is 15.9 Å². The van der Waals surface area contributed by atoms with Gasteiger partial charge in [0.25, 0.3) is 0 Å². The Morgan fingerprint density at radius 2 is 1.70 bits per heavy atom. The highest BCUT2D eigenvalue weighted by atomic mass is 32.2. The highest BCUT2D eigenvalue weighted by Gasteiger charge is 2.40. The summed E-state index contributed by atoms with van der Waals surface area (Å²) in [6, 6.07) is 20.2. The van der Waals surface area contributed by atoms with Crippen LogP contribution in [0.3, 0.4) is 0 Å². The van der Waals surface area contributed by atoms with Gasteiger partial charge in [0.1, 0.15) is 6.04 Å². The van der Waals surface area contributed by atoms with Crippen LogP contribution in [0.4, 0.5) is 0 Å². The van der Waals surface area contributed by atoms with Gasteiger partial charge in [-0.25, -0.2) is 13.1 Å². The Kier molecular flexibility index (Phi) is 6.70. The Hall–Kier alpha value is -3.75. The standard InChI is InChI=1S/C29H30N4O3S/c1-20-14-21(2)28(22(3)15-20)37(35,36)33-19-25-10-5-4-9-24(25)17-27(33)29(34)30-18-23-8-6-11-26(16-23)32-13-7-12-31-32/h4-16,27H,17-19H2,1-3H3,(H,30,34). The maximum Gasteiger partial charge on any atom is 0.244 e. The summed E-state index contributed by atoms with van der Waals surface area (Å²) in [5.74, 6) is -0.315. The Morgan fingerprint density at radius 3 is 2.41 bits per heavy atom. The van der Waals surface area contributed by atoms with Crippen LogP contribution in [0.15, 0.2) is 84.0 Å². The van der Waals surface area contributed by atoms with Crippen LogP contribution in [0.1, 0.15) is 33.4 Å². The van der Waals surface area contributed by atoms with Crippen LogP contribution < -0.4 is 5.32 Å². The number of fused-ring (bicyclic) bond motifs is 1. The minimum Gasteiger partial charge on any atom is -0.351 e. The molecule has 0 fully saturated rings. The first-order chi connectivity index (χ1) is 17.7. The molecule has 0 saturated carbocycles. The molecule has 3 aromatic carbocycles. The monoisotopic (exact) mass is 514 g/mol. The van der Waals surface area contributed by atoms with E-state index in [2.05, 4.69) is 10.4 Å². The molecule has 4 aromatic rings. The first-order valence-corrected chi connectivity index (χ1v) is 13.7. The summed E-state index contributed by atoms with van der Waals surface area (Å²) in [6.07, 6.45) is 3.88.